The average molecular weight is 261 g/mol. The Morgan fingerprint density at radius 3 is 2.47 bits per heavy atom. The Balaban J connectivity index is 2.21. The molecule has 0 radical (unpaired) electrons. The molecule has 0 spiro atoms. The van der Waals surface area contributed by atoms with Gasteiger partial charge in [0.05, 0.1) is 6.42 Å². The molecule has 104 valence electrons. The van der Waals surface area contributed by atoms with Crippen molar-refractivity contribution in [1.29, 1.82) is 0 Å². The molecule has 3 nitrogen and oxygen atoms in total. The minimum Gasteiger partial charge on any atom is -0.481 e. The highest BCUT2D eigenvalue weighted by molar-refractivity contribution is 5.68. The normalized spacial score (nSPS) is 18.8. The van der Waals surface area contributed by atoms with Crippen LogP contribution in [-0.4, -0.2) is 11.1 Å². The number of nitrogens with two attached hydrogens (primary N) is 1. The summed E-state index contributed by atoms with van der Waals surface area (Å²) < 4.78 is 0. The van der Waals surface area contributed by atoms with Gasteiger partial charge in [0.25, 0.3) is 0 Å². The van der Waals surface area contributed by atoms with Crippen molar-refractivity contribution in [2.24, 2.45) is 5.73 Å². The lowest BCUT2D eigenvalue weighted by molar-refractivity contribution is -0.137. The summed E-state index contributed by atoms with van der Waals surface area (Å²) in [7, 11) is 0. The number of rotatable bonds is 4. The molecule has 1 aromatic carbocycles. The van der Waals surface area contributed by atoms with E-state index < -0.39 is 12.0 Å². The van der Waals surface area contributed by atoms with Crippen molar-refractivity contribution in [2.75, 3.05) is 0 Å². The Bertz CT molecular complexity index is 423. The van der Waals surface area contributed by atoms with Crippen molar-refractivity contribution in [3.8, 4) is 0 Å². The van der Waals surface area contributed by atoms with Gasteiger partial charge in [-0.15, -0.1) is 0 Å². The SMILES string of the molecule is NC(CC(=O)O)c1ccccc1C1CCCCCC1. The first kappa shape index (κ1) is 14.1. The highest BCUT2D eigenvalue weighted by Crippen LogP contribution is 2.35. The van der Waals surface area contributed by atoms with Crippen LogP contribution in [0.1, 0.15) is 68.0 Å². The molecule has 2 rings (SSSR count). The molecule has 0 aliphatic heterocycles. The Hall–Kier alpha value is -1.35. The van der Waals surface area contributed by atoms with Gasteiger partial charge in [-0.3, -0.25) is 4.79 Å². The third kappa shape index (κ3) is 3.80. The molecule has 0 heterocycles. The molecule has 1 atom stereocenters. The second kappa shape index (κ2) is 6.71. The predicted octanol–water partition coefficient (Wildman–Crippen LogP) is 3.60. The molecule has 0 bridgehead atoms. The van der Waals surface area contributed by atoms with Crippen LogP contribution in [-0.2, 0) is 4.79 Å². The van der Waals surface area contributed by atoms with Crippen LogP contribution in [0.25, 0.3) is 0 Å². The lowest BCUT2D eigenvalue weighted by Crippen LogP contribution is -2.17. The lowest BCUT2D eigenvalue weighted by Gasteiger charge is -2.21. The zero-order valence-corrected chi connectivity index (χ0v) is 11.3. The van der Waals surface area contributed by atoms with Gasteiger partial charge < -0.3 is 10.8 Å². The second-order valence-electron chi connectivity index (χ2n) is 5.52. The van der Waals surface area contributed by atoms with E-state index in [2.05, 4.69) is 6.07 Å². The van der Waals surface area contributed by atoms with Gasteiger partial charge in [-0.2, -0.15) is 0 Å². The van der Waals surface area contributed by atoms with Gasteiger partial charge in [0.2, 0.25) is 0 Å². The maximum Gasteiger partial charge on any atom is 0.305 e. The van der Waals surface area contributed by atoms with Crippen LogP contribution in [0.3, 0.4) is 0 Å². The van der Waals surface area contributed by atoms with Crippen molar-refractivity contribution >= 4 is 5.97 Å². The van der Waals surface area contributed by atoms with Gasteiger partial charge in [-0.25, -0.2) is 0 Å². The summed E-state index contributed by atoms with van der Waals surface area (Å²) in [6.45, 7) is 0. The summed E-state index contributed by atoms with van der Waals surface area (Å²) >= 11 is 0. The van der Waals surface area contributed by atoms with Crippen LogP contribution in [0, 0.1) is 0 Å². The van der Waals surface area contributed by atoms with E-state index in [4.69, 9.17) is 10.8 Å². The Morgan fingerprint density at radius 1 is 1.21 bits per heavy atom. The predicted molar refractivity (Wildman–Crippen MR) is 76.1 cm³/mol. The molecule has 19 heavy (non-hydrogen) atoms. The van der Waals surface area contributed by atoms with Gasteiger partial charge in [0.15, 0.2) is 0 Å². The van der Waals surface area contributed by atoms with Crippen molar-refractivity contribution in [3.05, 3.63) is 35.4 Å². The molecule has 1 aliphatic rings. The van der Waals surface area contributed by atoms with Gasteiger partial charge in [-0.05, 0) is 29.9 Å². The standard InChI is InChI=1S/C16H23NO2/c17-15(11-16(18)19)14-10-6-5-9-13(14)12-7-3-1-2-4-8-12/h5-6,9-10,12,15H,1-4,7-8,11,17H2,(H,18,19). The number of benzene rings is 1. The number of hydrogen-bond donors (Lipinski definition) is 2. The largest absolute Gasteiger partial charge is 0.481 e. The maximum atomic E-state index is 10.8. The molecule has 0 saturated heterocycles. The molecule has 1 aromatic rings. The molecule has 1 fully saturated rings. The molecule has 0 amide bonds. The lowest BCUT2D eigenvalue weighted by atomic mass is 9.85. The minimum atomic E-state index is -0.830. The van der Waals surface area contributed by atoms with E-state index in [1.54, 1.807) is 0 Å². The van der Waals surface area contributed by atoms with Gasteiger partial charge in [0.1, 0.15) is 0 Å². The fourth-order valence-corrected chi connectivity index (χ4v) is 3.11. The van der Waals surface area contributed by atoms with Crippen molar-refractivity contribution in [1.82, 2.24) is 0 Å². The molecule has 0 aromatic heterocycles. The molecular weight excluding hydrogens is 238 g/mol. The van der Waals surface area contributed by atoms with Crippen LogP contribution in [0.2, 0.25) is 0 Å². The topological polar surface area (TPSA) is 63.3 Å². The fraction of sp³-hybridized carbons (Fsp3) is 0.562. The summed E-state index contributed by atoms with van der Waals surface area (Å²) in [5.74, 6) is -0.276. The monoisotopic (exact) mass is 261 g/mol. The first-order valence-corrected chi connectivity index (χ1v) is 7.24. The van der Waals surface area contributed by atoms with Crippen molar-refractivity contribution < 1.29 is 9.90 Å². The van der Waals surface area contributed by atoms with E-state index in [0.29, 0.717) is 5.92 Å². The Morgan fingerprint density at radius 2 is 1.84 bits per heavy atom. The molecule has 1 unspecified atom stereocenters. The molecule has 1 saturated carbocycles. The molecule has 3 N–H and O–H groups in total. The smallest absolute Gasteiger partial charge is 0.305 e. The van der Waals surface area contributed by atoms with E-state index >= 15 is 0 Å². The Kier molecular flexibility index (Phi) is 4.97. The Labute approximate surface area is 114 Å². The number of carboxylic acid groups (broad SMARTS) is 1. The summed E-state index contributed by atoms with van der Waals surface area (Å²) in [5, 5.41) is 8.91. The first-order valence-electron chi connectivity index (χ1n) is 7.24. The first-order chi connectivity index (χ1) is 9.18. The van der Waals surface area contributed by atoms with E-state index in [9.17, 15) is 4.79 Å². The van der Waals surface area contributed by atoms with Gasteiger partial charge in [-0.1, -0.05) is 49.9 Å². The van der Waals surface area contributed by atoms with Crippen LogP contribution in [0.4, 0.5) is 0 Å². The average Bonchev–Trinajstić information content (AvgIpc) is 2.66. The summed E-state index contributed by atoms with van der Waals surface area (Å²) in [4.78, 5) is 10.8. The fourth-order valence-electron chi connectivity index (χ4n) is 3.11. The van der Waals surface area contributed by atoms with E-state index in [0.717, 1.165) is 5.56 Å². The summed E-state index contributed by atoms with van der Waals surface area (Å²) in [5.41, 5.74) is 8.36. The maximum absolute atomic E-state index is 10.8. The van der Waals surface area contributed by atoms with Crippen LogP contribution in [0.15, 0.2) is 24.3 Å². The zero-order chi connectivity index (χ0) is 13.7. The molecular formula is C16H23NO2. The zero-order valence-electron chi connectivity index (χ0n) is 11.3. The van der Waals surface area contributed by atoms with Crippen LogP contribution >= 0.6 is 0 Å². The van der Waals surface area contributed by atoms with Gasteiger partial charge in [0, 0.05) is 6.04 Å². The van der Waals surface area contributed by atoms with E-state index in [-0.39, 0.29) is 6.42 Å². The van der Waals surface area contributed by atoms with Crippen LogP contribution in [0.5, 0.6) is 0 Å². The van der Waals surface area contributed by atoms with E-state index in [1.165, 1.54) is 44.1 Å². The van der Waals surface area contributed by atoms with Crippen molar-refractivity contribution in [2.45, 2.75) is 56.9 Å². The number of carboxylic acids is 1. The quantitative estimate of drug-likeness (QED) is 0.814. The number of aliphatic carboxylic acids is 1. The number of carbonyl (C=O) groups is 1. The summed E-state index contributed by atoms with van der Waals surface area (Å²) in [6.07, 6.45) is 7.59. The second-order valence-corrected chi connectivity index (χ2v) is 5.52. The molecule has 3 heteroatoms. The van der Waals surface area contributed by atoms with Crippen molar-refractivity contribution in [3.63, 3.8) is 0 Å². The van der Waals surface area contributed by atoms with E-state index in [1.807, 2.05) is 18.2 Å². The number of hydrogen-bond acceptors (Lipinski definition) is 2. The third-order valence-corrected chi connectivity index (χ3v) is 4.09. The van der Waals surface area contributed by atoms with Crippen LogP contribution < -0.4 is 5.73 Å². The highest BCUT2D eigenvalue weighted by atomic mass is 16.4. The minimum absolute atomic E-state index is 0.00370. The third-order valence-electron chi connectivity index (χ3n) is 4.09. The summed E-state index contributed by atoms with van der Waals surface area (Å²) in [6, 6.07) is 7.73. The highest BCUT2D eigenvalue weighted by Gasteiger charge is 2.20. The van der Waals surface area contributed by atoms with Gasteiger partial charge >= 0.3 is 5.97 Å². The molecule has 1 aliphatic carbocycles.